The Morgan fingerprint density at radius 2 is 2.19 bits per heavy atom. The van der Waals surface area contributed by atoms with Crippen LogP contribution in [0.25, 0.3) is 0 Å². The minimum Gasteiger partial charge on any atom is -0.506 e. The van der Waals surface area contributed by atoms with Gasteiger partial charge in [-0.25, -0.2) is 5.90 Å². The van der Waals surface area contributed by atoms with Crippen LogP contribution < -0.4 is 15.4 Å². The fourth-order valence-corrected chi connectivity index (χ4v) is 2.11. The molecule has 0 spiro atoms. The van der Waals surface area contributed by atoms with E-state index in [1.165, 1.54) is 0 Å². The average Bonchev–Trinajstić information content (AvgIpc) is 2.32. The number of aromatic hydroxyl groups is 1. The fourth-order valence-electron chi connectivity index (χ4n) is 1.55. The van der Waals surface area contributed by atoms with E-state index in [-0.39, 0.29) is 5.75 Å². The molecule has 16 heavy (non-hydrogen) atoms. The number of fused-ring (bicyclic) bond motifs is 1. The van der Waals surface area contributed by atoms with E-state index in [0.717, 1.165) is 0 Å². The van der Waals surface area contributed by atoms with E-state index in [9.17, 15) is 5.11 Å². The zero-order valence-electron chi connectivity index (χ0n) is 8.53. The summed E-state index contributed by atoms with van der Waals surface area (Å²) in [6.07, 6.45) is 0.511. The minimum atomic E-state index is 0.140. The van der Waals surface area contributed by atoms with Crippen LogP contribution in [0.15, 0.2) is 10.5 Å². The van der Waals surface area contributed by atoms with E-state index >= 15 is 0 Å². The van der Waals surface area contributed by atoms with Crippen LogP contribution >= 0.6 is 15.9 Å². The van der Waals surface area contributed by atoms with Gasteiger partial charge in [0, 0.05) is 12.0 Å². The maximum absolute atomic E-state index is 9.90. The molecular weight excluding hydrogens is 278 g/mol. The Labute approximate surface area is 101 Å². The molecule has 88 valence electrons. The third-order valence-electron chi connectivity index (χ3n) is 2.32. The van der Waals surface area contributed by atoms with Gasteiger partial charge in [0.25, 0.3) is 0 Å². The van der Waals surface area contributed by atoms with Crippen molar-refractivity contribution < 1.29 is 19.4 Å². The van der Waals surface area contributed by atoms with Gasteiger partial charge in [0.15, 0.2) is 11.5 Å². The molecule has 5 nitrogen and oxygen atoms in total. The molecule has 1 aliphatic heterocycles. The standard InChI is InChI=1S/C10H12BrNO4/c11-8-9(13)6(1-2-16-12)5-7-10(8)15-4-3-14-7/h5,13H,1-4,12H2. The molecule has 0 saturated carbocycles. The Kier molecular flexibility index (Phi) is 3.52. The molecule has 0 fully saturated rings. The van der Waals surface area contributed by atoms with E-state index in [1.807, 2.05) is 0 Å². The van der Waals surface area contributed by atoms with Gasteiger partial charge in [0.2, 0.25) is 0 Å². The van der Waals surface area contributed by atoms with Gasteiger partial charge >= 0.3 is 0 Å². The SMILES string of the molecule is NOCCc1cc2c(c(Br)c1O)OCCO2. The number of halogens is 1. The number of hydrogen-bond acceptors (Lipinski definition) is 5. The summed E-state index contributed by atoms with van der Waals surface area (Å²) >= 11 is 3.28. The maximum Gasteiger partial charge on any atom is 0.179 e. The Hall–Kier alpha value is -0.980. The predicted octanol–water partition coefficient (Wildman–Crippen LogP) is 1.36. The number of phenols is 1. The molecule has 1 aromatic carbocycles. The quantitative estimate of drug-likeness (QED) is 0.822. The van der Waals surface area contributed by atoms with E-state index in [0.29, 0.717) is 47.8 Å². The molecule has 0 atom stereocenters. The van der Waals surface area contributed by atoms with Gasteiger partial charge in [-0.3, -0.25) is 0 Å². The first-order valence-electron chi connectivity index (χ1n) is 4.85. The number of benzene rings is 1. The molecule has 0 aromatic heterocycles. The lowest BCUT2D eigenvalue weighted by Gasteiger charge is -2.21. The van der Waals surface area contributed by atoms with Crippen LogP contribution in [-0.2, 0) is 11.3 Å². The summed E-state index contributed by atoms with van der Waals surface area (Å²) in [5, 5.41) is 9.90. The van der Waals surface area contributed by atoms with Crippen molar-refractivity contribution in [1.29, 1.82) is 0 Å². The highest BCUT2D eigenvalue weighted by molar-refractivity contribution is 9.10. The molecule has 0 saturated heterocycles. The summed E-state index contributed by atoms with van der Waals surface area (Å²) in [6, 6.07) is 1.74. The molecule has 0 radical (unpaired) electrons. The summed E-state index contributed by atoms with van der Waals surface area (Å²) in [5.74, 6) is 6.26. The molecule has 1 aromatic rings. The number of hydrogen-bond donors (Lipinski definition) is 2. The van der Waals surface area contributed by atoms with Crippen LogP contribution in [0.5, 0.6) is 17.2 Å². The number of ether oxygens (including phenoxy) is 2. The number of rotatable bonds is 3. The Balaban J connectivity index is 2.36. The molecule has 0 bridgehead atoms. The molecule has 2 rings (SSSR count). The Bertz CT molecular complexity index is 397. The lowest BCUT2D eigenvalue weighted by atomic mass is 10.1. The largest absolute Gasteiger partial charge is 0.506 e. The van der Waals surface area contributed by atoms with E-state index in [2.05, 4.69) is 20.8 Å². The van der Waals surface area contributed by atoms with Crippen molar-refractivity contribution in [2.45, 2.75) is 6.42 Å². The van der Waals surface area contributed by atoms with Crippen molar-refractivity contribution in [3.05, 3.63) is 16.1 Å². The minimum absolute atomic E-state index is 0.140. The molecule has 3 N–H and O–H groups in total. The monoisotopic (exact) mass is 289 g/mol. The maximum atomic E-state index is 9.90. The van der Waals surface area contributed by atoms with Gasteiger partial charge < -0.3 is 19.4 Å². The zero-order valence-corrected chi connectivity index (χ0v) is 10.1. The van der Waals surface area contributed by atoms with Gasteiger partial charge in [0.05, 0.1) is 6.61 Å². The van der Waals surface area contributed by atoms with Crippen LogP contribution in [-0.4, -0.2) is 24.9 Å². The number of phenolic OH excluding ortho intramolecular Hbond substituents is 1. The molecular formula is C10H12BrNO4. The molecule has 0 amide bonds. The molecule has 0 aliphatic carbocycles. The zero-order chi connectivity index (χ0) is 11.5. The molecule has 1 aliphatic rings. The van der Waals surface area contributed by atoms with Crippen molar-refractivity contribution in [2.75, 3.05) is 19.8 Å². The third kappa shape index (κ3) is 2.09. The highest BCUT2D eigenvalue weighted by Crippen LogP contribution is 2.45. The predicted molar refractivity (Wildman–Crippen MR) is 60.6 cm³/mol. The van der Waals surface area contributed by atoms with Crippen molar-refractivity contribution in [2.24, 2.45) is 5.90 Å². The lowest BCUT2D eigenvalue weighted by molar-refractivity contribution is 0.140. The van der Waals surface area contributed by atoms with Gasteiger partial charge in [-0.05, 0) is 22.0 Å². The van der Waals surface area contributed by atoms with E-state index in [1.54, 1.807) is 6.07 Å². The van der Waals surface area contributed by atoms with E-state index in [4.69, 9.17) is 15.4 Å². The lowest BCUT2D eigenvalue weighted by Crippen LogP contribution is -2.16. The summed E-state index contributed by atoms with van der Waals surface area (Å²) in [6.45, 7) is 1.33. The van der Waals surface area contributed by atoms with Crippen LogP contribution in [0.4, 0.5) is 0 Å². The first-order chi connectivity index (χ1) is 7.74. The summed E-state index contributed by atoms with van der Waals surface area (Å²) < 4.78 is 11.4. The van der Waals surface area contributed by atoms with Crippen LogP contribution in [0.2, 0.25) is 0 Å². The summed E-state index contributed by atoms with van der Waals surface area (Å²) in [7, 11) is 0. The van der Waals surface area contributed by atoms with Crippen LogP contribution in [0.3, 0.4) is 0 Å². The Morgan fingerprint density at radius 1 is 1.44 bits per heavy atom. The van der Waals surface area contributed by atoms with Crippen molar-refractivity contribution in [3.8, 4) is 17.2 Å². The third-order valence-corrected chi connectivity index (χ3v) is 3.05. The molecule has 0 unspecified atom stereocenters. The number of nitrogens with two attached hydrogens (primary N) is 1. The smallest absolute Gasteiger partial charge is 0.179 e. The van der Waals surface area contributed by atoms with Crippen molar-refractivity contribution in [3.63, 3.8) is 0 Å². The highest BCUT2D eigenvalue weighted by Gasteiger charge is 2.20. The van der Waals surface area contributed by atoms with Gasteiger partial charge in [-0.15, -0.1) is 0 Å². The molecule has 1 heterocycles. The van der Waals surface area contributed by atoms with Crippen molar-refractivity contribution >= 4 is 15.9 Å². The first-order valence-corrected chi connectivity index (χ1v) is 5.65. The van der Waals surface area contributed by atoms with Crippen LogP contribution in [0.1, 0.15) is 5.56 Å². The normalized spacial score (nSPS) is 13.9. The topological polar surface area (TPSA) is 73.9 Å². The molecule has 6 heteroatoms. The highest BCUT2D eigenvalue weighted by atomic mass is 79.9. The van der Waals surface area contributed by atoms with Gasteiger partial charge in [-0.1, -0.05) is 0 Å². The second-order valence-electron chi connectivity index (χ2n) is 3.34. The van der Waals surface area contributed by atoms with Gasteiger partial charge in [-0.2, -0.15) is 0 Å². The van der Waals surface area contributed by atoms with Crippen LogP contribution in [0, 0.1) is 0 Å². The summed E-state index contributed by atoms with van der Waals surface area (Å²) in [5.41, 5.74) is 0.710. The summed E-state index contributed by atoms with van der Waals surface area (Å²) in [4.78, 5) is 4.49. The Morgan fingerprint density at radius 3 is 2.94 bits per heavy atom. The average molecular weight is 290 g/mol. The van der Waals surface area contributed by atoms with E-state index < -0.39 is 0 Å². The fraction of sp³-hybridized carbons (Fsp3) is 0.400. The second-order valence-corrected chi connectivity index (χ2v) is 4.14. The van der Waals surface area contributed by atoms with Gasteiger partial charge in [0.1, 0.15) is 23.4 Å². The first kappa shape index (κ1) is 11.5. The van der Waals surface area contributed by atoms with Crippen molar-refractivity contribution in [1.82, 2.24) is 0 Å². The second kappa shape index (κ2) is 4.90.